The molecule has 0 atom stereocenters. The lowest BCUT2D eigenvalue weighted by atomic mass is 9.79. The average molecular weight is 327 g/mol. The quantitative estimate of drug-likeness (QED) is 0.308. The highest BCUT2D eigenvalue weighted by Gasteiger charge is 2.19. The first-order valence-electron chi connectivity index (χ1n) is 10.5. The molecule has 1 aliphatic rings. The molecule has 1 aliphatic carbocycles. The molecule has 24 heavy (non-hydrogen) atoms. The van der Waals surface area contributed by atoms with Gasteiger partial charge in [0.2, 0.25) is 0 Å². The van der Waals surface area contributed by atoms with Crippen molar-refractivity contribution < 1.29 is 0 Å². The molecule has 0 saturated heterocycles. The number of rotatable bonds is 10. The summed E-state index contributed by atoms with van der Waals surface area (Å²) in [4.78, 5) is 0. The van der Waals surface area contributed by atoms with Gasteiger partial charge in [-0.2, -0.15) is 0 Å². The van der Waals surface area contributed by atoms with Gasteiger partial charge in [0, 0.05) is 0 Å². The van der Waals surface area contributed by atoms with Gasteiger partial charge in [-0.1, -0.05) is 88.8 Å². The van der Waals surface area contributed by atoms with E-state index in [1.807, 2.05) is 0 Å². The Hall–Kier alpha value is -1.04. The predicted molar refractivity (Wildman–Crippen MR) is 107 cm³/mol. The minimum absolute atomic E-state index is 0.954. The molecule has 0 heteroatoms. The van der Waals surface area contributed by atoms with Crippen LogP contribution in [0.2, 0.25) is 0 Å². The Kier molecular flexibility index (Phi) is 9.24. The van der Waals surface area contributed by atoms with E-state index >= 15 is 0 Å². The minimum atomic E-state index is 0.954. The van der Waals surface area contributed by atoms with E-state index in [2.05, 4.69) is 50.3 Å². The summed E-state index contributed by atoms with van der Waals surface area (Å²) in [6.45, 7) is 4.60. The molecule has 134 valence electrons. The summed E-state index contributed by atoms with van der Waals surface area (Å²) in [6.07, 6.45) is 21.2. The molecule has 1 aromatic rings. The number of hydrogen-bond donors (Lipinski definition) is 0. The lowest BCUT2D eigenvalue weighted by Gasteiger charge is -2.27. The Morgan fingerprint density at radius 3 is 2.12 bits per heavy atom. The second kappa shape index (κ2) is 11.5. The van der Waals surface area contributed by atoms with Crippen LogP contribution in [-0.2, 0) is 12.8 Å². The van der Waals surface area contributed by atoms with Crippen LogP contribution in [0.4, 0.5) is 0 Å². The molecule has 0 bridgehead atoms. The van der Waals surface area contributed by atoms with Crippen molar-refractivity contribution in [1.82, 2.24) is 0 Å². The third-order valence-electron chi connectivity index (χ3n) is 5.74. The first-order chi connectivity index (χ1) is 11.8. The molecule has 1 fully saturated rings. The SMILES string of the molecule is CCCCCc1ccc(CC=CCC2CCC(CCC)CC2)cc1. The van der Waals surface area contributed by atoms with Crippen LogP contribution in [-0.4, -0.2) is 0 Å². The van der Waals surface area contributed by atoms with E-state index in [1.165, 1.54) is 81.8 Å². The number of aryl methyl sites for hydroxylation is 1. The second-order valence-electron chi connectivity index (χ2n) is 7.86. The first kappa shape index (κ1) is 19.3. The average Bonchev–Trinajstić information content (AvgIpc) is 2.62. The van der Waals surface area contributed by atoms with E-state index in [4.69, 9.17) is 0 Å². The highest BCUT2D eigenvalue weighted by Crippen LogP contribution is 2.33. The van der Waals surface area contributed by atoms with Crippen LogP contribution < -0.4 is 0 Å². The lowest BCUT2D eigenvalue weighted by molar-refractivity contribution is 0.263. The fraction of sp³-hybridized carbons (Fsp3) is 0.667. The van der Waals surface area contributed by atoms with Crippen molar-refractivity contribution in [3.05, 3.63) is 47.5 Å². The molecule has 0 amide bonds. The molecule has 0 heterocycles. The van der Waals surface area contributed by atoms with Crippen LogP contribution in [0.15, 0.2) is 36.4 Å². The summed E-state index contributed by atoms with van der Waals surface area (Å²) >= 11 is 0. The van der Waals surface area contributed by atoms with E-state index in [0.717, 1.165) is 18.3 Å². The molecule has 0 aliphatic heterocycles. The summed E-state index contributed by atoms with van der Waals surface area (Å²) in [5.41, 5.74) is 2.96. The zero-order valence-electron chi connectivity index (χ0n) is 16.1. The summed E-state index contributed by atoms with van der Waals surface area (Å²) in [5.74, 6) is 1.99. The van der Waals surface area contributed by atoms with Gasteiger partial charge in [0.15, 0.2) is 0 Å². The van der Waals surface area contributed by atoms with Crippen LogP contribution >= 0.6 is 0 Å². The third kappa shape index (κ3) is 7.24. The van der Waals surface area contributed by atoms with Crippen molar-refractivity contribution in [1.29, 1.82) is 0 Å². The first-order valence-corrected chi connectivity index (χ1v) is 10.5. The van der Waals surface area contributed by atoms with Crippen LogP contribution in [0.1, 0.15) is 89.2 Å². The van der Waals surface area contributed by atoms with Gasteiger partial charge in [0.25, 0.3) is 0 Å². The Balaban J connectivity index is 1.63. The zero-order valence-corrected chi connectivity index (χ0v) is 16.1. The smallest absolute Gasteiger partial charge is 0.00975 e. The Bertz CT molecular complexity index is 445. The zero-order chi connectivity index (χ0) is 17.0. The summed E-state index contributed by atoms with van der Waals surface area (Å²) in [5, 5.41) is 0. The summed E-state index contributed by atoms with van der Waals surface area (Å²) in [7, 11) is 0. The molecular weight excluding hydrogens is 288 g/mol. The van der Waals surface area contributed by atoms with E-state index < -0.39 is 0 Å². The van der Waals surface area contributed by atoms with Crippen molar-refractivity contribution in [3.8, 4) is 0 Å². The van der Waals surface area contributed by atoms with Gasteiger partial charge in [-0.15, -0.1) is 0 Å². The van der Waals surface area contributed by atoms with Gasteiger partial charge < -0.3 is 0 Å². The van der Waals surface area contributed by atoms with Crippen LogP contribution in [0.5, 0.6) is 0 Å². The molecule has 0 unspecified atom stereocenters. The molecule has 0 N–H and O–H groups in total. The number of hydrogen-bond acceptors (Lipinski definition) is 0. The second-order valence-corrected chi connectivity index (χ2v) is 7.86. The van der Waals surface area contributed by atoms with Crippen molar-refractivity contribution >= 4 is 0 Å². The van der Waals surface area contributed by atoms with E-state index in [1.54, 1.807) is 0 Å². The number of unbranched alkanes of at least 4 members (excludes halogenated alkanes) is 2. The van der Waals surface area contributed by atoms with Gasteiger partial charge in [0.1, 0.15) is 0 Å². The molecule has 1 aromatic carbocycles. The summed E-state index contributed by atoms with van der Waals surface area (Å²) < 4.78 is 0. The van der Waals surface area contributed by atoms with Crippen LogP contribution in [0.25, 0.3) is 0 Å². The largest absolute Gasteiger partial charge is 0.0879 e. The van der Waals surface area contributed by atoms with E-state index in [-0.39, 0.29) is 0 Å². The molecule has 0 aromatic heterocycles. The monoisotopic (exact) mass is 326 g/mol. The van der Waals surface area contributed by atoms with Crippen molar-refractivity contribution in [2.45, 2.75) is 90.9 Å². The normalized spacial score (nSPS) is 21.4. The Morgan fingerprint density at radius 1 is 0.792 bits per heavy atom. The van der Waals surface area contributed by atoms with Gasteiger partial charge >= 0.3 is 0 Å². The van der Waals surface area contributed by atoms with Crippen LogP contribution in [0.3, 0.4) is 0 Å². The van der Waals surface area contributed by atoms with Crippen molar-refractivity contribution in [2.75, 3.05) is 0 Å². The van der Waals surface area contributed by atoms with Gasteiger partial charge in [-0.25, -0.2) is 0 Å². The molecule has 0 spiro atoms. The van der Waals surface area contributed by atoms with Gasteiger partial charge in [0.05, 0.1) is 0 Å². The van der Waals surface area contributed by atoms with Gasteiger partial charge in [-0.05, 0) is 61.5 Å². The lowest BCUT2D eigenvalue weighted by Crippen LogP contribution is -2.13. The number of allylic oxidation sites excluding steroid dienone is 2. The van der Waals surface area contributed by atoms with E-state index in [9.17, 15) is 0 Å². The highest BCUT2D eigenvalue weighted by atomic mass is 14.2. The fourth-order valence-electron chi connectivity index (χ4n) is 4.09. The van der Waals surface area contributed by atoms with Crippen molar-refractivity contribution in [2.24, 2.45) is 11.8 Å². The highest BCUT2D eigenvalue weighted by molar-refractivity contribution is 5.24. The Labute approximate surface area is 150 Å². The summed E-state index contributed by atoms with van der Waals surface area (Å²) in [6, 6.07) is 9.30. The topological polar surface area (TPSA) is 0 Å². The van der Waals surface area contributed by atoms with Crippen molar-refractivity contribution in [3.63, 3.8) is 0 Å². The maximum Gasteiger partial charge on any atom is -0.00975 e. The van der Waals surface area contributed by atoms with E-state index in [0.29, 0.717) is 0 Å². The standard InChI is InChI=1S/C24H38/c1-3-5-6-10-22-17-19-24(20-18-22)12-8-7-11-23-15-13-21(9-4-2)14-16-23/h7-8,17-21,23H,3-6,9-16H2,1-2H3. The van der Waals surface area contributed by atoms with Crippen LogP contribution in [0, 0.1) is 11.8 Å². The fourth-order valence-corrected chi connectivity index (χ4v) is 4.09. The molecular formula is C24H38. The maximum atomic E-state index is 2.44. The third-order valence-corrected chi connectivity index (χ3v) is 5.74. The molecule has 0 radical (unpaired) electrons. The number of benzene rings is 1. The minimum Gasteiger partial charge on any atom is -0.0879 e. The predicted octanol–water partition coefficient (Wildman–Crippen LogP) is 7.51. The maximum absolute atomic E-state index is 2.44. The molecule has 0 nitrogen and oxygen atoms in total. The molecule has 2 rings (SSSR count). The van der Waals surface area contributed by atoms with Gasteiger partial charge in [-0.3, -0.25) is 0 Å². The molecule has 1 saturated carbocycles. The Morgan fingerprint density at radius 2 is 1.46 bits per heavy atom.